The van der Waals surface area contributed by atoms with Crippen LogP contribution in [0, 0.1) is 0 Å². The zero-order chi connectivity index (χ0) is 13.0. The summed E-state index contributed by atoms with van der Waals surface area (Å²) in [5.41, 5.74) is 1.31. The van der Waals surface area contributed by atoms with Crippen molar-refractivity contribution < 1.29 is 0 Å². The van der Waals surface area contributed by atoms with E-state index in [1.165, 1.54) is 23.7 Å². The molecule has 0 saturated carbocycles. The molecule has 1 N–H and O–H groups in total. The Labute approximate surface area is 118 Å². The molecule has 0 radical (unpaired) electrons. The molecule has 1 atom stereocenters. The van der Waals surface area contributed by atoms with Gasteiger partial charge in [0, 0.05) is 40.7 Å². The fourth-order valence-electron chi connectivity index (χ4n) is 2.33. The second kappa shape index (κ2) is 6.39. The summed E-state index contributed by atoms with van der Waals surface area (Å²) >= 11 is 3.51. The van der Waals surface area contributed by atoms with Crippen molar-refractivity contribution in [2.75, 3.05) is 6.54 Å². The van der Waals surface area contributed by atoms with Crippen LogP contribution in [0.1, 0.15) is 26.7 Å². The van der Waals surface area contributed by atoms with Crippen LogP contribution >= 0.6 is 15.9 Å². The standard InChI is InChI=1S/C15H21BrN2/c1-3-4-12(2)17-8-10-18-9-7-13-11-14(16)5-6-15(13)18/h5-7,9,11-12,17H,3-4,8,10H2,1-2H3. The Hall–Kier alpha value is -0.800. The highest BCUT2D eigenvalue weighted by Gasteiger charge is 2.02. The summed E-state index contributed by atoms with van der Waals surface area (Å²) in [6.07, 6.45) is 4.66. The number of hydrogen-bond acceptors (Lipinski definition) is 1. The second-order valence-corrected chi connectivity index (χ2v) is 5.77. The zero-order valence-electron chi connectivity index (χ0n) is 11.1. The first-order chi connectivity index (χ1) is 8.70. The van der Waals surface area contributed by atoms with Crippen LogP contribution in [0.5, 0.6) is 0 Å². The van der Waals surface area contributed by atoms with Gasteiger partial charge in [0.25, 0.3) is 0 Å². The first-order valence-corrected chi connectivity index (χ1v) is 7.47. The fourth-order valence-corrected chi connectivity index (χ4v) is 2.71. The van der Waals surface area contributed by atoms with Gasteiger partial charge in [0.1, 0.15) is 0 Å². The molecule has 0 amide bonds. The fraction of sp³-hybridized carbons (Fsp3) is 0.467. The lowest BCUT2D eigenvalue weighted by atomic mass is 10.2. The quantitative estimate of drug-likeness (QED) is 0.847. The average Bonchev–Trinajstić information content (AvgIpc) is 2.72. The van der Waals surface area contributed by atoms with Crippen LogP contribution in [0.3, 0.4) is 0 Å². The van der Waals surface area contributed by atoms with Gasteiger partial charge in [-0.2, -0.15) is 0 Å². The van der Waals surface area contributed by atoms with E-state index in [9.17, 15) is 0 Å². The van der Waals surface area contributed by atoms with Crippen molar-refractivity contribution >= 4 is 26.8 Å². The molecule has 1 unspecified atom stereocenters. The lowest BCUT2D eigenvalue weighted by Crippen LogP contribution is -2.29. The van der Waals surface area contributed by atoms with Crippen LogP contribution < -0.4 is 5.32 Å². The van der Waals surface area contributed by atoms with E-state index in [1.807, 2.05) is 0 Å². The maximum atomic E-state index is 3.57. The largest absolute Gasteiger partial charge is 0.346 e. The van der Waals surface area contributed by atoms with Gasteiger partial charge in [-0.25, -0.2) is 0 Å². The van der Waals surface area contributed by atoms with Crippen molar-refractivity contribution in [2.24, 2.45) is 0 Å². The van der Waals surface area contributed by atoms with Gasteiger partial charge in [0.2, 0.25) is 0 Å². The Morgan fingerprint density at radius 1 is 1.33 bits per heavy atom. The van der Waals surface area contributed by atoms with Crippen LogP contribution in [-0.4, -0.2) is 17.2 Å². The van der Waals surface area contributed by atoms with Gasteiger partial charge in [-0.1, -0.05) is 29.3 Å². The van der Waals surface area contributed by atoms with E-state index in [0.717, 1.165) is 17.6 Å². The predicted octanol–water partition coefficient (Wildman–Crippen LogP) is 4.18. The van der Waals surface area contributed by atoms with Gasteiger partial charge >= 0.3 is 0 Å². The van der Waals surface area contributed by atoms with Gasteiger partial charge in [0.05, 0.1) is 0 Å². The molecule has 0 spiro atoms. The Bertz CT molecular complexity index is 504. The molecule has 1 aromatic carbocycles. The van der Waals surface area contributed by atoms with Gasteiger partial charge in [-0.15, -0.1) is 0 Å². The second-order valence-electron chi connectivity index (χ2n) is 4.86. The van der Waals surface area contributed by atoms with E-state index in [4.69, 9.17) is 0 Å². The van der Waals surface area contributed by atoms with Gasteiger partial charge in [-0.05, 0) is 37.6 Å². The molecule has 98 valence electrons. The Kier molecular flexibility index (Phi) is 4.84. The molecular formula is C15H21BrN2. The maximum Gasteiger partial charge on any atom is 0.0481 e. The first kappa shape index (κ1) is 13.6. The maximum absolute atomic E-state index is 3.57. The molecular weight excluding hydrogens is 288 g/mol. The SMILES string of the molecule is CCCC(C)NCCn1ccc2cc(Br)ccc21. The lowest BCUT2D eigenvalue weighted by Gasteiger charge is -2.13. The minimum absolute atomic E-state index is 0.617. The van der Waals surface area contributed by atoms with Crippen molar-refractivity contribution in [1.29, 1.82) is 0 Å². The summed E-state index contributed by atoms with van der Waals surface area (Å²) in [5.74, 6) is 0. The number of benzene rings is 1. The molecule has 18 heavy (non-hydrogen) atoms. The van der Waals surface area contributed by atoms with Crippen molar-refractivity contribution in [1.82, 2.24) is 9.88 Å². The van der Waals surface area contributed by atoms with Crippen molar-refractivity contribution in [3.63, 3.8) is 0 Å². The summed E-state index contributed by atoms with van der Waals surface area (Å²) in [6.45, 7) is 6.55. The smallest absolute Gasteiger partial charge is 0.0481 e. The number of aromatic nitrogens is 1. The average molecular weight is 309 g/mol. The Balaban J connectivity index is 1.96. The molecule has 2 rings (SSSR count). The minimum atomic E-state index is 0.617. The van der Waals surface area contributed by atoms with Crippen LogP contribution in [0.25, 0.3) is 10.9 Å². The van der Waals surface area contributed by atoms with Crippen LogP contribution in [-0.2, 0) is 6.54 Å². The molecule has 0 bridgehead atoms. The zero-order valence-corrected chi connectivity index (χ0v) is 12.7. The Morgan fingerprint density at radius 2 is 2.17 bits per heavy atom. The molecule has 0 aliphatic heterocycles. The minimum Gasteiger partial charge on any atom is -0.346 e. The summed E-state index contributed by atoms with van der Waals surface area (Å²) in [7, 11) is 0. The lowest BCUT2D eigenvalue weighted by molar-refractivity contribution is 0.489. The summed E-state index contributed by atoms with van der Waals surface area (Å²) in [6, 6.07) is 9.24. The van der Waals surface area contributed by atoms with Crippen LogP contribution in [0.2, 0.25) is 0 Å². The number of nitrogens with one attached hydrogen (secondary N) is 1. The highest BCUT2D eigenvalue weighted by molar-refractivity contribution is 9.10. The Morgan fingerprint density at radius 3 is 2.94 bits per heavy atom. The normalized spacial score (nSPS) is 13.1. The van der Waals surface area contributed by atoms with Gasteiger partial charge in [0.15, 0.2) is 0 Å². The van der Waals surface area contributed by atoms with E-state index in [0.29, 0.717) is 6.04 Å². The number of halogens is 1. The predicted molar refractivity (Wildman–Crippen MR) is 82.0 cm³/mol. The number of hydrogen-bond donors (Lipinski definition) is 1. The number of fused-ring (bicyclic) bond motifs is 1. The van der Waals surface area contributed by atoms with Crippen LogP contribution in [0.15, 0.2) is 34.9 Å². The van der Waals surface area contributed by atoms with Gasteiger partial charge < -0.3 is 9.88 Å². The third-order valence-corrected chi connectivity index (χ3v) is 3.79. The molecule has 1 aromatic heterocycles. The van der Waals surface area contributed by atoms with E-state index >= 15 is 0 Å². The highest BCUT2D eigenvalue weighted by Crippen LogP contribution is 2.20. The monoisotopic (exact) mass is 308 g/mol. The molecule has 2 nitrogen and oxygen atoms in total. The van der Waals surface area contributed by atoms with Crippen molar-refractivity contribution in [2.45, 2.75) is 39.3 Å². The highest BCUT2D eigenvalue weighted by atomic mass is 79.9. The molecule has 0 aliphatic carbocycles. The molecule has 3 heteroatoms. The summed E-state index contributed by atoms with van der Waals surface area (Å²) < 4.78 is 3.45. The first-order valence-electron chi connectivity index (χ1n) is 6.68. The third-order valence-electron chi connectivity index (χ3n) is 3.30. The van der Waals surface area contributed by atoms with Crippen LogP contribution in [0.4, 0.5) is 0 Å². The van der Waals surface area contributed by atoms with E-state index in [2.05, 4.69) is 70.1 Å². The third kappa shape index (κ3) is 3.36. The van der Waals surface area contributed by atoms with Crippen molar-refractivity contribution in [3.8, 4) is 0 Å². The molecule has 2 aromatic rings. The molecule has 1 heterocycles. The van der Waals surface area contributed by atoms with E-state index in [-0.39, 0.29) is 0 Å². The molecule has 0 fully saturated rings. The summed E-state index contributed by atoms with van der Waals surface area (Å²) in [5, 5.41) is 4.87. The van der Waals surface area contributed by atoms with E-state index in [1.54, 1.807) is 0 Å². The summed E-state index contributed by atoms with van der Waals surface area (Å²) in [4.78, 5) is 0. The molecule has 0 aliphatic rings. The van der Waals surface area contributed by atoms with Crippen molar-refractivity contribution in [3.05, 3.63) is 34.9 Å². The topological polar surface area (TPSA) is 17.0 Å². The molecule has 0 saturated heterocycles. The van der Waals surface area contributed by atoms with E-state index < -0.39 is 0 Å². The number of rotatable bonds is 6. The van der Waals surface area contributed by atoms with Gasteiger partial charge in [-0.3, -0.25) is 0 Å². The number of nitrogens with zero attached hydrogens (tertiary/aromatic N) is 1.